The number of hydrogen-bond donors (Lipinski definition) is 5. The average Bonchev–Trinajstić information content (AvgIpc) is 2.70. The van der Waals surface area contributed by atoms with E-state index in [1.807, 2.05) is 0 Å². The number of rotatable bonds is 9. The zero-order valence-corrected chi connectivity index (χ0v) is 15.3. The van der Waals surface area contributed by atoms with Crippen LogP contribution in [0.2, 0.25) is 0 Å². The lowest BCUT2D eigenvalue weighted by Gasteiger charge is -2.12. The summed E-state index contributed by atoms with van der Waals surface area (Å²) >= 11 is 0. The van der Waals surface area contributed by atoms with Crippen molar-refractivity contribution in [1.82, 2.24) is 5.32 Å². The minimum atomic E-state index is -1.01. The van der Waals surface area contributed by atoms with E-state index in [-0.39, 0.29) is 25.1 Å². The molecule has 0 saturated carbocycles. The molecule has 10 heteroatoms. The Morgan fingerprint density at radius 3 is 2.69 bits per heavy atom. The van der Waals surface area contributed by atoms with Crippen LogP contribution in [-0.4, -0.2) is 35.8 Å². The number of nitrogens with two attached hydrogens (primary N) is 1. The van der Waals surface area contributed by atoms with Crippen molar-refractivity contribution in [2.75, 3.05) is 17.2 Å². The number of aryl methyl sites for hydroxylation is 1. The molecule has 0 aromatic heterocycles. The molecule has 6 N–H and O–H groups in total. The molecule has 29 heavy (non-hydrogen) atoms. The van der Waals surface area contributed by atoms with Crippen LogP contribution in [0.15, 0.2) is 47.6 Å². The predicted octanol–water partition coefficient (Wildman–Crippen LogP) is 1.53. The Morgan fingerprint density at radius 2 is 1.97 bits per heavy atom. The van der Waals surface area contributed by atoms with Gasteiger partial charge in [0.2, 0.25) is 5.91 Å². The quantitative estimate of drug-likeness (QED) is 0.186. The highest BCUT2D eigenvalue weighted by atomic mass is 19.1. The van der Waals surface area contributed by atoms with Gasteiger partial charge in [0, 0.05) is 23.4 Å². The van der Waals surface area contributed by atoms with E-state index in [9.17, 15) is 18.8 Å². The van der Waals surface area contributed by atoms with Gasteiger partial charge in [-0.2, -0.15) is 5.10 Å². The monoisotopic (exact) mass is 401 g/mol. The van der Waals surface area contributed by atoms with Gasteiger partial charge in [-0.1, -0.05) is 12.1 Å². The standard InChI is InChI=1S/C19H20FN5O4/c20-14-6-4-12(5-7-18(27)28)16(9-14)25-17(26)10-22-19(29)13-2-1-3-15(8-13)23-11-24-21/h1-4,6,8-9,11H,5,7,10,21H2,(H,22,29)(H,23,24)(H,25,26)(H,27,28). The van der Waals surface area contributed by atoms with Crippen LogP contribution in [0.25, 0.3) is 0 Å². The van der Waals surface area contributed by atoms with E-state index in [0.29, 0.717) is 16.8 Å². The SMILES string of the molecule is NN=CNc1cccc(C(=O)NCC(=O)Nc2cc(F)ccc2CCC(=O)O)c1. The molecule has 2 rings (SSSR count). The first-order valence-corrected chi connectivity index (χ1v) is 8.55. The van der Waals surface area contributed by atoms with Crippen LogP contribution in [0.1, 0.15) is 22.3 Å². The minimum absolute atomic E-state index is 0.128. The maximum absolute atomic E-state index is 13.5. The van der Waals surface area contributed by atoms with Crippen molar-refractivity contribution in [1.29, 1.82) is 0 Å². The van der Waals surface area contributed by atoms with E-state index < -0.39 is 23.6 Å². The van der Waals surface area contributed by atoms with E-state index in [4.69, 9.17) is 10.9 Å². The summed E-state index contributed by atoms with van der Waals surface area (Å²) in [6.07, 6.45) is 1.22. The topological polar surface area (TPSA) is 146 Å². The first-order chi connectivity index (χ1) is 13.9. The number of carbonyl (C=O) groups excluding carboxylic acids is 2. The largest absolute Gasteiger partial charge is 0.481 e. The average molecular weight is 401 g/mol. The van der Waals surface area contributed by atoms with Gasteiger partial charge in [-0.25, -0.2) is 4.39 Å². The molecule has 2 aromatic rings. The highest BCUT2D eigenvalue weighted by Crippen LogP contribution is 2.19. The Bertz CT molecular complexity index is 933. The fourth-order valence-electron chi connectivity index (χ4n) is 2.44. The Balaban J connectivity index is 1.97. The molecule has 0 bridgehead atoms. The van der Waals surface area contributed by atoms with Crippen molar-refractivity contribution in [2.24, 2.45) is 10.9 Å². The molecule has 0 aliphatic heterocycles. The molecule has 0 spiro atoms. The Kier molecular flexibility index (Phi) is 7.66. The fraction of sp³-hybridized carbons (Fsp3) is 0.158. The molecule has 0 aliphatic carbocycles. The Hall–Kier alpha value is -3.95. The van der Waals surface area contributed by atoms with Gasteiger partial charge < -0.3 is 26.9 Å². The van der Waals surface area contributed by atoms with Gasteiger partial charge in [0.05, 0.1) is 6.54 Å². The van der Waals surface area contributed by atoms with Crippen molar-refractivity contribution in [3.8, 4) is 0 Å². The number of anilines is 2. The molecule has 2 amide bonds. The number of carbonyl (C=O) groups is 3. The van der Waals surface area contributed by atoms with Crippen LogP contribution in [-0.2, 0) is 16.0 Å². The van der Waals surface area contributed by atoms with Crippen molar-refractivity contribution >= 4 is 35.5 Å². The van der Waals surface area contributed by atoms with Crippen molar-refractivity contribution in [3.63, 3.8) is 0 Å². The summed E-state index contributed by atoms with van der Waals surface area (Å²) in [5.41, 5.74) is 1.53. The lowest BCUT2D eigenvalue weighted by molar-refractivity contribution is -0.136. The number of nitrogens with zero attached hydrogens (tertiary/aromatic N) is 1. The van der Waals surface area contributed by atoms with Crippen LogP contribution in [0.5, 0.6) is 0 Å². The summed E-state index contributed by atoms with van der Waals surface area (Å²) in [5, 5.41) is 19.8. The number of carboxylic acid groups (broad SMARTS) is 1. The molecule has 0 unspecified atom stereocenters. The van der Waals surface area contributed by atoms with E-state index in [0.717, 1.165) is 6.07 Å². The van der Waals surface area contributed by atoms with Crippen molar-refractivity contribution in [2.45, 2.75) is 12.8 Å². The van der Waals surface area contributed by atoms with Gasteiger partial charge >= 0.3 is 5.97 Å². The van der Waals surface area contributed by atoms with Crippen molar-refractivity contribution in [3.05, 3.63) is 59.4 Å². The second-order valence-corrected chi connectivity index (χ2v) is 5.93. The lowest BCUT2D eigenvalue weighted by Crippen LogP contribution is -2.33. The van der Waals surface area contributed by atoms with Crippen molar-refractivity contribution < 1.29 is 23.9 Å². The number of aliphatic carboxylic acids is 1. The van der Waals surface area contributed by atoms with Crippen LogP contribution >= 0.6 is 0 Å². The zero-order chi connectivity index (χ0) is 21.2. The number of halogens is 1. The molecule has 0 saturated heterocycles. The number of carboxylic acids is 1. The van der Waals surface area contributed by atoms with Gasteiger partial charge in [-0.3, -0.25) is 14.4 Å². The fourth-order valence-corrected chi connectivity index (χ4v) is 2.44. The second-order valence-electron chi connectivity index (χ2n) is 5.93. The van der Waals surface area contributed by atoms with Crippen LogP contribution in [0.3, 0.4) is 0 Å². The normalized spacial score (nSPS) is 10.5. The molecule has 0 aliphatic rings. The van der Waals surface area contributed by atoms with E-state index in [2.05, 4.69) is 21.1 Å². The molecule has 0 fully saturated rings. The third-order valence-corrected chi connectivity index (χ3v) is 3.79. The summed E-state index contributed by atoms with van der Waals surface area (Å²) in [7, 11) is 0. The summed E-state index contributed by atoms with van der Waals surface area (Å²) in [4.78, 5) is 35.1. The van der Waals surface area contributed by atoms with E-state index >= 15 is 0 Å². The number of benzene rings is 2. The van der Waals surface area contributed by atoms with Crippen LogP contribution in [0, 0.1) is 5.82 Å². The highest BCUT2D eigenvalue weighted by molar-refractivity contribution is 6.00. The molecular formula is C19H20FN5O4. The van der Waals surface area contributed by atoms with Crippen LogP contribution < -0.4 is 21.8 Å². The molecule has 0 heterocycles. The molecule has 2 aromatic carbocycles. The maximum atomic E-state index is 13.5. The van der Waals surface area contributed by atoms with Gasteiger partial charge in [-0.05, 0) is 42.3 Å². The van der Waals surface area contributed by atoms with Gasteiger partial charge in [-0.15, -0.1) is 0 Å². The van der Waals surface area contributed by atoms with Gasteiger partial charge in [0.25, 0.3) is 5.91 Å². The van der Waals surface area contributed by atoms with Gasteiger partial charge in [0.1, 0.15) is 12.2 Å². The first kappa shape index (κ1) is 21.4. The van der Waals surface area contributed by atoms with Gasteiger partial charge in [0.15, 0.2) is 0 Å². The molecule has 152 valence electrons. The predicted molar refractivity (Wildman–Crippen MR) is 106 cm³/mol. The molecular weight excluding hydrogens is 381 g/mol. The Morgan fingerprint density at radius 1 is 1.17 bits per heavy atom. The van der Waals surface area contributed by atoms with E-state index in [1.165, 1.54) is 18.5 Å². The Labute approximate surface area is 165 Å². The zero-order valence-electron chi connectivity index (χ0n) is 15.3. The summed E-state index contributed by atoms with van der Waals surface area (Å²) in [6.45, 7) is -0.352. The third-order valence-electron chi connectivity index (χ3n) is 3.79. The maximum Gasteiger partial charge on any atom is 0.303 e. The third kappa shape index (κ3) is 6.94. The molecule has 0 radical (unpaired) electrons. The number of nitrogens with one attached hydrogen (secondary N) is 3. The van der Waals surface area contributed by atoms with E-state index in [1.54, 1.807) is 24.3 Å². The lowest BCUT2D eigenvalue weighted by atomic mass is 10.1. The first-order valence-electron chi connectivity index (χ1n) is 8.55. The number of amides is 2. The van der Waals surface area contributed by atoms with Crippen LogP contribution in [0.4, 0.5) is 15.8 Å². The minimum Gasteiger partial charge on any atom is -0.481 e. The summed E-state index contributed by atoms with van der Waals surface area (Å²) < 4.78 is 13.5. The molecule has 9 nitrogen and oxygen atoms in total. The number of hydrogen-bond acceptors (Lipinski definition) is 5. The number of hydrazone groups is 1. The highest BCUT2D eigenvalue weighted by Gasteiger charge is 2.12. The second kappa shape index (κ2) is 10.4. The molecule has 0 atom stereocenters. The smallest absolute Gasteiger partial charge is 0.303 e. The summed E-state index contributed by atoms with van der Waals surface area (Å²) in [5.74, 6) is 2.36. The summed E-state index contributed by atoms with van der Waals surface area (Å²) in [6, 6.07) is 10.2.